The van der Waals surface area contributed by atoms with Crippen molar-refractivity contribution in [2.75, 3.05) is 19.7 Å². The van der Waals surface area contributed by atoms with Crippen molar-refractivity contribution in [1.29, 1.82) is 0 Å². The molecule has 1 heterocycles. The predicted molar refractivity (Wildman–Crippen MR) is 111 cm³/mol. The molecule has 162 valence electrons. The molecule has 1 aromatic rings. The Morgan fingerprint density at radius 1 is 1.07 bits per heavy atom. The third-order valence-corrected chi connectivity index (χ3v) is 7.12. The summed E-state index contributed by atoms with van der Waals surface area (Å²) in [6, 6.07) is 4.46. The number of sulfonamides is 1. The minimum absolute atomic E-state index is 0.0122. The molecule has 0 saturated carbocycles. The lowest BCUT2D eigenvalue weighted by Crippen LogP contribution is -2.44. The van der Waals surface area contributed by atoms with Crippen molar-refractivity contribution in [2.24, 2.45) is 0 Å². The number of hydrogen-bond acceptors (Lipinski definition) is 5. The molecule has 1 fully saturated rings. The van der Waals surface area contributed by atoms with Crippen LogP contribution in [0.25, 0.3) is 0 Å². The smallest absolute Gasteiger partial charge is 0.338 e. The normalized spacial score (nSPS) is 15.6. The van der Waals surface area contributed by atoms with Crippen LogP contribution in [0.3, 0.4) is 0 Å². The Hall–Kier alpha value is -1.93. The zero-order valence-corrected chi connectivity index (χ0v) is 18.8. The van der Waals surface area contributed by atoms with Gasteiger partial charge in [-0.15, -0.1) is 0 Å². The molecule has 0 radical (unpaired) electrons. The number of nitrogens with zero attached hydrogens (tertiary/aromatic N) is 2. The minimum Gasteiger partial charge on any atom is -0.452 e. The lowest BCUT2D eigenvalue weighted by atomic mass is 10.1. The average molecular weight is 425 g/mol. The Morgan fingerprint density at radius 3 is 2.21 bits per heavy atom. The molecular weight excluding hydrogens is 392 g/mol. The van der Waals surface area contributed by atoms with Gasteiger partial charge >= 0.3 is 5.97 Å². The number of aryl methyl sites for hydroxylation is 1. The first-order valence-electron chi connectivity index (χ1n) is 10.1. The zero-order valence-electron chi connectivity index (χ0n) is 18.0. The van der Waals surface area contributed by atoms with E-state index in [1.54, 1.807) is 17.9 Å². The molecule has 29 heavy (non-hydrogen) atoms. The Bertz CT molecular complexity index is 835. The summed E-state index contributed by atoms with van der Waals surface area (Å²) in [4.78, 5) is 26.6. The topological polar surface area (TPSA) is 84.0 Å². The molecule has 0 aliphatic carbocycles. The van der Waals surface area contributed by atoms with E-state index < -0.39 is 16.0 Å². The monoisotopic (exact) mass is 424 g/mol. The second kappa shape index (κ2) is 9.71. The molecule has 0 atom stereocenters. The molecule has 0 unspecified atom stereocenters. The number of esters is 1. The quantitative estimate of drug-likeness (QED) is 0.629. The molecule has 1 saturated heterocycles. The van der Waals surface area contributed by atoms with Gasteiger partial charge in [-0.25, -0.2) is 13.2 Å². The first-order valence-corrected chi connectivity index (χ1v) is 11.6. The van der Waals surface area contributed by atoms with Crippen molar-refractivity contribution >= 4 is 21.9 Å². The fraction of sp³-hybridized carbons (Fsp3) is 0.619. The molecular formula is C21H32N2O5S. The van der Waals surface area contributed by atoms with E-state index in [0.29, 0.717) is 18.7 Å². The highest BCUT2D eigenvalue weighted by atomic mass is 32.2. The molecule has 0 bridgehead atoms. The van der Waals surface area contributed by atoms with Gasteiger partial charge in [-0.05, 0) is 65.2 Å². The van der Waals surface area contributed by atoms with Crippen LogP contribution in [0.5, 0.6) is 0 Å². The number of hydrogen-bond donors (Lipinski definition) is 0. The highest BCUT2D eigenvalue weighted by molar-refractivity contribution is 7.89. The third-order valence-electron chi connectivity index (χ3n) is 5.08. The lowest BCUT2D eigenvalue weighted by Gasteiger charge is -2.30. The van der Waals surface area contributed by atoms with E-state index in [9.17, 15) is 18.0 Å². The van der Waals surface area contributed by atoms with E-state index >= 15 is 0 Å². The number of piperidine rings is 1. The van der Waals surface area contributed by atoms with Gasteiger partial charge in [-0.3, -0.25) is 4.79 Å². The number of amides is 1. The largest absolute Gasteiger partial charge is 0.452 e. The van der Waals surface area contributed by atoms with E-state index in [4.69, 9.17) is 4.74 Å². The van der Waals surface area contributed by atoms with E-state index in [-0.39, 0.29) is 35.1 Å². The summed E-state index contributed by atoms with van der Waals surface area (Å²) in [6.45, 7) is 9.91. The van der Waals surface area contributed by atoms with Crippen molar-refractivity contribution in [3.63, 3.8) is 0 Å². The van der Waals surface area contributed by atoms with Crippen LogP contribution in [0.2, 0.25) is 0 Å². The highest BCUT2D eigenvalue weighted by Gasteiger charge is 2.28. The van der Waals surface area contributed by atoms with Crippen molar-refractivity contribution in [2.45, 2.75) is 70.9 Å². The first kappa shape index (κ1) is 23.3. The van der Waals surface area contributed by atoms with Gasteiger partial charge in [0.2, 0.25) is 10.0 Å². The summed E-state index contributed by atoms with van der Waals surface area (Å²) in [5.74, 6) is -0.988. The lowest BCUT2D eigenvalue weighted by molar-refractivity contribution is -0.138. The minimum atomic E-state index is -3.67. The molecule has 0 spiro atoms. The summed E-state index contributed by atoms with van der Waals surface area (Å²) < 4.78 is 32.7. The van der Waals surface area contributed by atoms with Gasteiger partial charge in [0, 0.05) is 25.2 Å². The number of carbonyl (C=O) groups excluding carboxylic acids is 2. The molecule has 7 nitrogen and oxygen atoms in total. The molecule has 1 aromatic carbocycles. The Balaban J connectivity index is 2.16. The fourth-order valence-electron chi connectivity index (χ4n) is 3.71. The third kappa shape index (κ3) is 5.57. The Kier molecular flexibility index (Phi) is 7.82. The van der Waals surface area contributed by atoms with Crippen LogP contribution >= 0.6 is 0 Å². The number of rotatable bonds is 7. The maximum atomic E-state index is 13.0. The van der Waals surface area contributed by atoms with Crippen molar-refractivity contribution in [3.8, 4) is 0 Å². The molecule has 1 amide bonds. The van der Waals surface area contributed by atoms with Crippen LogP contribution in [-0.4, -0.2) is 61.3 Å². The number of ether oxygens (including phenoxy) is 1. The number of carbonyl (C=O) groups is 2. The predicted octanol–water partition coefficient (Wildman–Crippen LogP) is 2.97. The first-order chi connectivity index (χ1) is 13.6. The SMILES string of the molecule is Cc1ccc(C(=O)OCC(=O)N(C(C)C)C(C)C)cc1S(=O)(=O)N1CCCCC1. The molecule has 1 aliphatic rings. The maximum absolute atomic E-state index is 13.0. The second-order valence-corrected chi connectivity index (χ2v) is 9.92. The van der Waals surface area contributed by atoms with Crippen LogP contribution in [0.4, 0.5) is 0 Å². The van der Waals surface area contributed by atoms with Crippen molar-refractivity contribution in [3.05, 3.63) is 29.3 Å². The van der Waals surface area contributed by atoms with Gasteiger partial charge in [0.05, 0.1) is 10.5 Å². The van der Waals surface area contributed by atoms with Gasteiger partial charge in [0.25, 0.3) is 5.91 Å². The summed E-state index contributed by atoms with van der Waals surface area (Å²) in [7, 11) is -3.67. The van der Waals surface area contributed by atoms with Gasteiger partial charge in [0.15, 0.2) is 6.61 Å². The van der Waals surface area contributed by atoms with E-state index in [0.717, 1.165) is 19.3 Å². The van der Waals surface area contributed by atoms with E-state index in [2.05, 4.69) is 0 Å². The fourth-order valence-corrected chi connectivity index (χ4v) is 5.47. The Morgan fingerprint density at radius 2 is 1.66 bits per heavy atom. The summed E-state index contributed by atoms with van der Waals surface area (Å²) in [5.41, 5.74) is 0.702. The standard InChI is InChI=1S/C21H32N2O5S/c1-15(2)23(16(3)4)20(24)14-28-21(25)18-10-9-17(5)19(13-18)29(26,27)22-11-7-6-8-12-22/h9-10,13,15-16H,6-8,11-12,14H2,1-5H3. The van der Waals surface area contributed by atoms with Crippen LogP contribution in [-0.2, 0) is 19.6 Å². The van der Waals surface area contributed by atoms with Crippen LogP contribution in [0, 0.1) is 6.92 Å². The van der Waals surface area contributed by atoms with Crippen LogP contribution in [0.1, 0.15) is 62.9 Å². The summed E-state index contributed by atoms with van der Waals surface area (Å²) in [6.07, 6.45) is 2.70. The second-order valence-electron chi connectivity index (χ2n) is 8.01. The van der Waals surface area contributed by atoms with Gasteiger partial charge in [-0.2, -0.15) is 4.31 Å². The Labute approximate surface area is 174 Å². The molecule has 0 N–H and O–H groups in total. The molecule has 2 rings (SSSR count). The van der Waals surface area contributed by atoms with Crippen molar-refractivity contribution in [1.82, 2.24) is 9.21 Å². The molecule has 8 heteroatoms. The number of benzene rings is 1. The van der Waals surface area contributed by atoms with Crippen LogP contribution < -0.4 is 0 Å². The summed E-state index contributed by atoms with van der Waals surface area (Å²) in [5, 5.41) is 0. The van der Waals surface area contributed by atoms with Gasteiger partial charge in [-0.1, -0.05) is 12.5 Å². The maximum Gasteiger partial charge on any atom is 0.338 e. The van der Waals surface area contributed by atoms with Gasteiger partial charge < -0.3 is 9.64 Å². The molecule has 1 aliphatic heterocycles. The van der Waals surface area contributed by atoms with E-state index in [1.165, 1.54) is 16.4 Å². The highest BCUT2D eigenvalue weighted by Crippen LogP contribution is 2.24. The average Bonchev–Trinajstić information content (AvgIpc) is 2.66. The van der Waals surface area contributed by atoms with E-state index in [1.807, 2.05) is 27.7 Å². The molecule has 0 aromatic heterocycles. The zero-order chi connectivity index (χ0) is 21.8. The van der Waals surface area contributed by atoms with Crippen molar-refractivity contribution < 1.29 is 22.7 Å². The summed E-state index contributed by atoms with van der Waals surface area (Å²) >= 11 is 0. The van der Waals surface area contributed by atoms with Crippen LogP contribution in [0.15, 0.2) is 23.1 Å². The van der Waals surface area contributed by atoms with Gasteiger partial charge in [0.1, 0.15) is 0 Å².